The predicted octanol–water partition coefficient (Wildman–Crippen LogP) is 0.740. The Morgan fingerprint density at radius 2 is 1.67 bits per heavy atom. The van der Waals surface area contributed by atoms with E-state index in [1.807, 2.05) is 36.8 Å². The first-order chi connectivity index (χ1) is 7.45. The van der Waals surface area contributed by atoms with Gasteiger partial charge >= 0.3 is 0 Å². The van der Waals surface area contributed by atoms with Crippen LogP contribution in [0.15, 0.2) is 49.1 Å². The second kappa shape index (κ2) is 5.22. The molecule has 2 N–H and O–H groups in total. The van der Waals surface area contributed by atoms with Crippen molar-refractivity contribution in [3.8, 4) is 0 Å². The highest BCUT2D eigenvalue weighted by Gasteiger charge is 1.96. The lowest BCUT2D eigenvalue weighted by molar-refractivity contribution is -0.686. The van der Waals surface area contributed by atoms with Gasteiger partial charge in [-0.15, -0.1) is 0 Å². The highest BCUT2D eigenvalue weighted by Crippen LogP contribution is 1.93. The van der Waals surface area contributed by atoms with E-state index in [0.717, 1.165) is 13.1 Å². The minimum atomic E-state index is 0.968. The van der Waals surface area contributed by atoms with Gasteiger partial charge < -0.3 is 5.32 Å². The third-order valence-electron chi connectivity index (χ3n) is 2.23. The summed E-state index contributed by atoms with van der Waals surface area (Å²) >= 11 is 0. The SMILES string of the molecule is c1cncc(C[NH2+]Cc2ccncc2)c1. The minimum Gasteiger partial charge on any atom is -0.339 e. The van der Waals surface area contributed by atoms with E-state index >= 15 is 0 Å². The molecule has 0 aliphatic heterocycles. The van der Waals surface area contributed by atoms with Crippen LogP contribution in [0.1, 0.15) is 11.1 Å². The summed E-state index contributed by atoms with van der Waals surface area (Å²) in [5.74, 6) is 0. The topological polar surface area (TPSA) is 42.4 Å². The molecule has 0 atom stereocenters. The molecule has 0 amide bonds. The second-order valence-corrected chi connectivity index (χ2v) is 3.41. The summed E-state index contributed by atoms with van der Waals surface area (Å²) in [4.78, 5) is 8.07. The Morgan fingerprint density at radius 3 is 2.40 bits per heavy atom. The van der Waals surface area contributed by atoms with Crippen molar-refractivity contribution in [1.29, 1.82) is 0 Å². The number of pyridine rings is 2. The van der Waals surface area contributed by atoms with Gasteiger partial charge in [0.25, 0.3) is 0 Å². The van der Waals surface area contributed by atoms with E-state index in [9.17, 15) is 0 Å². The molecule has 0 aromatic carbocycles. The lowest BCUT2D eigenvalue weighted by Crippen LogP contribution is -2.80. The number of hydrogen-bond acceptors (Lipinski definition) is 2. The van der Waals surface area contributed by atoms with Crippen molar-refractivity contribution in [3.05, 3.63) is 60.2 Å². The molecule has 15 heavy (non-hydrogen) atoms. The maximum absolute atomic E-state index is 4.08. The first kappa shape index (κ1) is 9.80. The van der Waals surface area contributed by atoms with Crippen LogP contribution in [0, 0.1) is 0 Å². The molecule has 0 fully saturated rings. The third-order valence-corrected chi connectivity index (χ3v) is 2.23. The monoisotopic (exact) mass is 200 g/mol. The zero-order valence-corrected chi connectivity index (χ0v) is 8.50. The summed E-state index contributed by atoms with van der Waals surface area (Å²) in [5.41, 5.74) is 2.56. The molecular weight excluding hydrogens is 186 g/mol. The van der Waals surface area contributed by atoms with E-state index in [0.29, 0.717) is 0 Å². The van der Waals surface area contributed by atoms with Crippen molar-refractivity contribution in [1.82, 2.24) is 9.97 Å². The Morgan fingerprint density at radius 1 is 0.867 bits per heavy atom. The van der Waals surface area contributed by atoms with E-state index < -0.39 is 0 Å². The molecule has 3 nitrogen and oxygen atoms in total. The number of quaternary nitrogens is 1. The van der Waals surface area contributed by atoms with Crippen LogP contribution in [0.25, 0.3) is 0 Å². The summed E-state index contributed by atoms with van der Waals surface area (Å²) in [6.07, 6.45) is 7.36. The summed E-state index contributed by atoms with van der Waals surface area (Å²) in [6, 6.07) is 8.14. The zero-order valence-electron chi connectivity index (χ0n) is 8.50. The molecular formula is C12H14N3+. The molecule has 0 saturated heterocycles. The normalized spacial score (nSPS) is 10.1. The molecule has 0 aliphatic carbocycles. The fourth-order valence-corrected chi connectivity index (χ4v) is 1.44. The van der Waals surface area contributed by atoms with Crippen LogP contribution in [-0.4, -0.2) is 9.97 Å². The third kappa shape index (κ3) is 3.14. The van der Waals surface area contributed by atoms with Crippen LogP contribution in [0.5, 0.6) is 0 Å². The van der Waals surface area contributed by atoms with Crippen molar-refractivity contribution >= 4 is 0 Å². The maximum atomic E-state index is 4.08. The highest BCUT2D eigenvalue weighted by molar-refractivity contribution is 5.08. The van der Waals surface area contributed by atoms with Crippen molar-refractivity contribution in [2.75, 3.05) is 0 Å². The van der Waals surface area contributed by atoms with Crippen LogP contribution in [-0.2, 0) is 13.1 Å². The first-order valence-corrected chi connectivity index (χ1v) is 5.04. The molecule has 2 aromatic rings. The molecule has 0 unspecified atom stereocenters. The molecule has 0 radical (unpaired) electrons. The molecule has 2 aromatic heterocycles. The van der Waals surface area contributed by atoms with Gasteiger partial charge in [-0.25, -0.2) is 0 Å². The van der Waals surface area contributed by atoms with Crippen LogP contribution in [0.3, 0.4) is 0 Å². The standard InChI is InChI=1S/C12H13N3/c1-2-12(9-14-5-1)10-15-8-11-3-6-13-7-4-11/h1-7,9,15H,8,10H2/p+1. The lowest BCUT2D eigenvalue weighted by atomic mass is 10.2. The average Bonchev–Trinajstić information content (AvgIpc) is 2.32. The largest absolute Gasteiger partial charge is 0.339 e. The summed E-state index contributed by atoms with van der Waals surface area (Å²) < 4.78 is 0. The fourth-order valence-electron chi connectivity index (χ4n) is 1.44. The number of rotatable bonds is 4. The average molecular weight is 200 g/mol. The summed E-state index contributed by atoms with van der Waals surface area (Å²) in [6.45, 7) is 1.95. The van der Waals surface area contributed by atoms with Gasteiger partial charge in [-0.2, -0.15) is 0 Å². The minimum absolute atomic E-state index is 0.968. The van der Waals surface area contributed by atoms with Gasteiger partial charge in [-0.1, -0.05) is 6.07 Å². The Balaban J connectivity index is 1.81. The van der Waals surface area contributed by atoms with Gasteiger partial charge in [0.2, 0.25) is 0 Å². The highest BCUT2D eigenvalue weighted by atomic mass is 14.9. The van der Waals surface area contributed by atoms with Crippen LogP contribution >= 0.6 is 0 Å². The van der Waals surface area contributed by atoms with E-state index in [-0.39, 0.29) is 0 Å². The van der Waals surface area contributed by atoms with Crippen LogP contribution in [0.2, 0.25) is 0 Å². The molecule has 0 aliphatic rings. The number of aromatic nitrogens is 2. The van der Waals surface area contributed by atoms with Gasteiger partial charge in [0.15, 0.2) is 0 Å². The molecule has 0 saturated carbocycles. The van der Waals surface area contributed by atoms with Crippen molar-refractivity contribution in [3.63, 3.8) is 0 Å². The van der Waals surface area contributed by atoms with Crippen molar-refractivity contribution in [2.24, 2.45) is 0 Å². The number of nitrogens with two attached hydrogens (primary N) is 1. The van der Waals surface area contributed by atoms with Gasteiger partial charge in [-0.3, -0.25) is 9.97 Å². The van der Waals surface area contributed by atoms with Gasteiger partial charge in [0.1, 0.15) is 13.1 Å². The van der Waals surface area contributed by atoms with Crippen LogP contribution < -0.4 is 5.32 Å². The molecule has 2 rings (SSSR count). The Bertz CT molecular complexity index is 347. The Hall–Kier alpha value is -1.74. The molecule has 0 bridgehead atoms. The van der Waals surface area contributed by atoms with Crippen molar-refractivity contribution in [2.45, 2.75) is 13.1 Å². The Labute approximate surface area is 89.2 Å². The molecule has 0 spiro atoms. The summed E-state index contributed by atoms with van der Waals surface area (Å²) in [7, 11) is 0. The van der Waals surface area contributed by atoms with E-state index in [1.54, 1.807) is 6.20 Å². The number of hydrogen-bond donors (Lipinski definition) is 1. The molecule has 3 heteroatoms. The van der Waals surface area contributed by atoms with Gasteiger partial charge in [-0.05, 0) is 18.2 Å². The van der Waals surface area contributed by atoms with Gasteiger partial charge in [0, 0.05) is 35.9 Å². The predicted molar refractivity (Wildman–Crippen MR) is 57.8 cm³/mol. The van der Waals surface area contributed by atoms with Crippen molar-refractivity contribution < 1.29 is 5.32 Å². The van der Waals surface area contributed by atoms with Gasteiger partial charge in [0.05, 0.1) is 0 Å². The maximum Gasteiger partial charge on any atom is 0.103 e. The van der Waals surface area contributed by atoms with E-state index in [1.165, 1.54) is 11.1 Å². The zero-order chi connectivity index (χ0) is 10.3. The quantitative estimate of drug-likeness (QED) is 0.791. The number of nitrogens with zero attached hydrogens (tertiary/aromatic N) is 2. The van der Waals surface area contributed by atoms with Crippen LogP contribution in [0.4, 0.5) is 0 Å². The van der Waals surface area contributed by atoms with E-state index in [2.05, 4.69) is 21.4 Å². The molecule has 76 valence electrons. The lowest BCUT2D eigenvalue weighted by Gasteiger charge is -2.01. The van der Waals surface area contributed by atoms with E-state index in [4.69, 9.17) is 0 Å². The Kier molecular flexibility index (Phi) is 3.41. The fraction of sp³-hybridized carbons (Fsp3) is 0.167. The molecule has 2 heterocycles. The summed E-state index contributed by atoms with van der Waals surface area (Å²) in [5, 5.41) is 2.26. The first-order valence-electron chi connectivity index (χ1n) is 5.04. The second-order valence-electron chi connectivity index (χ2n) is 3.41. The smallest absolute Gasteiger partial charge is 0.103 e.